The molecule has 96 valence electrons. The predicted octanol–water partition coefficient (Wildman–Crippen LogP) is 3.78. The fourth-order valence-corrected chi connectivity index (χ4v) is 2.69. The minimum atomic E-state index is 0.0349. The van der Waals surface area contributed by atoms with E-state index in [0.717, 1.165) is 24.2 Å². The highest BCUT2D eigenvalue weighted by atomic mass is 32.1. The van der Waals surface area contributed by atoms with Crippen molar-refractivity contribution in [2.75, 3.05) is 6.61 Å². The van der Waals surface area contributed by atoms with Crippen LogP contribution in [0.2, 0.25) is 0 Å². The van der Waals surface area contributed by atoms with Crippen LogP contribution >= 0.6 is 11.3 Å². The van der Waals surface area contributed by atoms with Crippen molar-refractivity contribution in [1.29, 1.82) is 0 Å². The predicted molar refractivity (Wildman–Crippen MR) is 77.2 cm³/mol. The van der Waals surface area contributed by atoms with Gasteiger partial charge in [-0.15, -0.1) is 0 Å². The molecule has 2 N–H and O–H groups in total. The van der Waals surface area contributed by atoms with Gasteiger partial charge in [-0.1, -0.05) is 18.2 Å². The van der Waals surface area contributed by atoms with Crippen LogP contribution < -0.4 is 10.5 Å². The molecule has 2 nitrogen and oxygen atoms in total. The third-order valence-corrected chi connectivity index (χ3v) is 3.67. The van der Waals surface area contributed by atoms with Gasteiger partial charge in [0.25, 0.3) is 0 Å². The number of hydrogen-bond donors (Lipinski definition) is 1. The molecule has 2 aromatic rings. The second kappa shape index (κ2) is 6.57. The number of benzene rings is 1. The Morgan fingerprint density at radius 1 is 1.28 bits per heavy atom. The normalized spacial score (nSPS) is 12.3. The number of hydrogen-bond acceptors (Lipinski definition) is 3. The van der Waals surface area contributed by atoms with E-state index in [1.54, 1.807) is 11.3 Å². The molecule has 2 rings (SSSR count). The van der Waals surface area contributed by atoms with Crippen molar-refractivity contribution < 1.29 is 4.74 Å². The maximum atomic E-state index is 6.27. The third-order valence-electron chi connectivity index (χ3n) is 2.94. The highest BCUT2D eigenvalue weighted by Gasteiger charge is 2.11. The average Bonchev–Trinajstić information content (AvgIpc) is 2.90. The SMILES string of the molecule is CCOc1ccccc1C(N)CCc1ccsc1. The van der Waals surface area contributed by atoms with Gasteiger partial charge in [0.2, 0.25) is 0 Å². The first-order valence-electron chi connectivity index (χ1n) is 6.29. The van der Waals surface area contributed by atoms with Crippen molar-refractivity contribution in [3.63, 3.8) is 0 Å². The second-order valence-corrected chi connectivity index (χ2v) is 5.03. The van der Waals surface area contributed by atoms with Crippen LogP contribution in [0.5, 0.6) is 5.75 Å². The highest BCUT2D eigenvalue weighted by Crippen LogP contribution is 2.26. The Kier molecular flexibility index (Phi) is 4.79. The van der Waals surface area contributed by atoms with E-state index in [1.165, 1.54) is 5.56 Å². The molecule has 0 aliphatic rings. The minimum absolute atomic E-state index is 0.0349. The molecule has 0 bridgehead atoms. The van der Waals surface area contributed by atoms with Gasteiger partial charge in [0.05, 0.1) is 6.61 Å². The first-order chi connectivity index (χ1) is 8.81. The maximum Gasteiger partial charge on any atom is 0.124 e. The number of thiophene rings is 1. The molecule has 0 radical (unpaired) electrons. The number of aryl methyl sites for hydroxylation is 1. The third kappa shape index (κ3) is 3.34. The molecule has 18 heavy (non-hydrogen) atoms. The topological polar surface area (TPSA) is 35.2 Å². The van der Waals surface area contributed by atoms with Crippen LogP contribution in [-0.2, 0) is 6.42 Å². The summed E-state index contributed by atoms with van der Waals surface area (Å²) in [6.07, 6.45) is 1.96. The standard InChI is InChI=1S/C15H19NOS/c1-2-17-15-6-4-3-5-13(15)14(16)8-7-12-9-10-18-11-12/h3-6,9-11,14H,2,7-8,16H2,1H3. The van der Waals surface area contributed by atoms with E-state index in [2.05, 4.69) is 22.9 Å². The number of para-hydroxylation sites is 1. The van der Waals surface area contributed by atoms with Gasteiger partial charge in [0.15, 0.2) is 0 Å². The summed E-state index contributed by atoms with van der Waals surface area (Å²) in [5.74, 6) is 0.915. The molecule has 0 spiro atoms. The van der Waals surface area contributed by atoms with E-state index in [-0.39, 0.29) is 6.04 Å². The molecule has 0 saturated heterocycles. The Balaban J connectivity index is 2.01. The van der Waals surface area contributed by atoms with Gasteiger partial charge in [-0.05, 0) is 48.2 Å². The summed E-state index contributed by atoms with van der Waals surface area (Å²) < 4.78 is 5.62. The van der Waals surface area contributed by atoms with Crippen LogP contribution in [0, 0.1) is 0 Å². The molecule has 1 atom stereocenters. The van der Waals surface area contributed by atoms with Crippen molar-refractivity contribution in [2.24, 2.45) is 5.73 Å². The Hall–Kier alpha value is -1.32. The molecular weight excluding hydrogens is 242 g/mol. The number of rotatable bonds is 6. The number of nitrogens with two attached hydrogens (primary N) is 1. The van der Waals surface area contributed by atoms with Gasteiger partial charge in [-0.2, -0.15) is 11.3 Å². The summed E-state index contributed by atoms with van der Waals surface area (Å²) in [4.78, 5) is 0. The molecule has 0 aliphatic heterocycles. The lowest BCUT2D eigenvalue weighted by Gasteiger charge is -2.16. The molecule has 1 aromatic heterocycles. The molecule has 0 amide bonds. The molecule has 0 aliphatic carbocycles. The molecule has 0 saturated carbocycles. The van der Waals surface area contributed by atoms with E-state index < -0.39 is 0 Å². The zero-order chi connectivity index (χ0) is 12.8. The molecule has 1 heterocycles. The van der Waals surface area contributed by atoms with Gasteiger partial charge in [-0.3, -0.25) is 0 Å². The van der Waals surface area contributed by atoms with Gasteiger partial charge in [0.1, 0.15) is 5.75 Å². The van der Waals surface area contributed by atoms with Gasteiger partial charge in [0, 0.05) is 11.6 Å². The van der Waals surface area contributed by atoms with Crippen molar-refractivity contribution in [3.05, 3.63) is 52.2 Å². The second-order valence-electron chi connectivity index (χ2n) is 4.25. The molecule has 1 aromatic carbocycles. The summed E-state index contributed by atoms with van der Waals surface area (Å²) in [6, 6.07) is 10.2. The van der Waals surface area contributed by atoms with Crippen LogP contribution in [0.25, 0.3) is 0 Å². The molecular formula is C15H19NOS. The monoisotopic (exact) mass is 261 g/mol. The Bertz CT molecular complexity index is 467. The highest BCUT2D eigenvalue weighted by molar-refractivity contribution is 7.07. The van der Waals surface area contributed by atoms with Crippen LogP contribution in [0.3, 0.4) is 0 Å². The smallest absolute Gasteiger partial charge is 0.124 e. The molecule has 1 unspecified atom stereocenters. The van der Waals surface area contributed by atoms with E-state index >= 15 is 0 Å². The van der Waals surface area contributed by atoms with Crippen molar-refractivity contribution >= 4 is 11.3 Å². The van der Waals surface area contributed by atoms with E-state index in [1.807, 2.05) is 25.1 Å². The summed E-state index contributed by atoms with van der Waals surface area (Å²) in [6.45, 7) is 2.67. The first kappa shape index (κ1) is 13.1. The van der Waals surface area contributed by atoms with Crippen LogP contribution in [0.1, 0.15) is 30.5 Å². The van der Waals surface area contributed by atoms with Crippen molar-refractivity contribution in [2.45, 2.75) is 25.8 Å². The van der Waals surface area contributed by atoms with Gasteiger partial charge >= 0.3 is 0 Å². The first-order valence-corrected chi connectivity index (χ1v) is 7.24. The van der Waals surface area contributed by atoms with Gasteiger partial charge in [-0.25, -0.2) is 0 Å². The van der Waals surface area contributed by atoms with E-state index in [9.17, 15) is 0 Å². The molecule has 3 heteroatoms. The fourth-order valence-electron chi connectivity index (χ4n) is 1.99. The van der Waals surface area contributed by atoms with Crippen LogP contribution in [0.4, 0.5) is 0 Å². The largest absolute Gasteiger partial charge is 0.494 e. The maximum absolute atomic E-state index is 6.27. The summed E-state index contributed by atoms with van der Waals surface area (Å²) in [5, 5.41) is 4.29. The van der Waals surface area contributed by atoms with Crippen molar-refractivity contribution in [3.8, 4) is 5.75 Å². The summed E-state index contributed by atoms with van der Waals surface area (Å²) in [5.41, 5.74) is 8.74. The summed E-state index contributed by atoms with van der Waals surface area (Å²) in [7, 11) is 0. The van der Waals surface area contributed by atoms with Crippen LogP contribution in [-0.4, -0.2) is 6.61 Å². The molecule has 0 fully saturated rings. The zero-order valence-electron chi connectivity index (χ0n) is 10.6. The average molecular weight is 261 g/mol. The van der Waals surface area contributed by atoms with E-state index in [0.29, 0.717) is 6.61 Å². The summed E-state index contributed by atoms with van der Waals surface area (Å²) >= 11 is 1.73. The van der Waals surface area contributed by atoms with Gasteiger partial charge < -0.3 is 10.5 Å². The lowest BCUT2D eigenvalue weighted by Crippen LogP contribution is -2.13. The zero-order valence-corrected chi connectivity index (χ0v) is 11.5. The lowest BCUT2D eigenvalue weighted by atomic mass is 10.00. The minimum Gasteiger partial charge on any atom is -0.494 e. The van der Waals surface area contributed by atoms with Crippen LogP contribution in [0.15, 0.2) is 41.1 Å². The Morgan fingerprint density at radius 3 is 2.83 bits per heavy atom. The lowest BCUT2D eigenvalue weighted by molar-refractivity contribution is 0.333. The number of ether oxygens (including phenoxy) is 1. The Morgan fingerprint density at radius 2 is 2.11 bits per heavy atom. The Labute approximate surface area is 112 Å². The quantitative estimate of drug-likeness (QED) is 0.859. The van der Waals surface area contributed by atoms with E-state index in [4.69, 9.17) is 10.5 Å². The van der Waals surface area contributed by atoms with Crippen molar-refractivity contribution in [1.82, 2.24) is 0 Å². The fraction of sp³-hybridized carbons (Fsp3) is 0.333.